The average molecular weight is 1340 g/mol. The van der Waals surface area contributed by atoms with E-state index >= 15 is 0 Å². The van der Waals surface area contributed by atoms with Gasteiger partial charge in [0.1, 0.15) is 24.4 Å². The maximum atomic E-state index is 13.2. The first-order chi connectivity index (χ1) is 46.8. The van der Waals surface area contributed by atoms with Crippen molar-refractivity contribution in [2.24, 2.45) is 0 Å². The number of carbonyl (C=O) groups excluding carboxylic acids is 1. The number of hydrogen-bond donors (Lipinski definition) is 6. The first-order valence-electron chi connectivity index (χ1n) is 41.7. The van der Waals surface area contributed by atoms with Crippen molar-refractivity contribution in [2.75, 3.05) is 13.2 Å². The highest BCUT2D eigenvalue weighted by molar-refractivity contribution is 5.76. The molecule has 0 aliphatic carbocycles. The van der Waals surface area contributed by atoms with Crippen LogP contribution in [0.4, 0.5) is 0 Å². The molecule has 7 unspecified atom stereocenters. The van der Waals surface area contributed by atoms with Crippen molar-refractivity contribution >= 4 is 5.91 Å². The number of allylic oxidation sites excluding steroid dienone is 11. The zero-order valence-electron chi connectivity index (χ0n) is 62.7. The summed E-state index contributed by atoms with van der Waals surface area (Å²) in [5.41, 5.74) is 0. The van der Waals surface area contributed by atoms with Crippen LogP contribution in [0.15, 0.2) is 72.9 Å². The Hall–Kier alpha value is -2.37. The summed E-state index contributed by atoms with van der Waals surface area (Å²) in [7, 11) is 0. The maximum absolute atomic E-state index is 13.2. The lowest BCUT2D eigenvalue weighted by atomic mass is 9.99. The van der Waals surface area contributed by atoms with Crippen LogP contribution in [0.1, 0.15) is 412 Å². The molecule has 0 aromatic rings. The molecule has 1 heterocycles. The summed E-state index contributed by atoms with van der Waals surface area (Å²) >= 11 is 0. The van der Waals surface area contributed by atoms with E-state index in [1.807, 2.05) is 6.08 Å². The highest BCUT2D eigenvalue weighted by Gasteiger charge is 2.44. The number of nitrogens with one attached hydrogen (secondary N) is 1. The largest absolute Gasteiger partial charge is 0.394 e. The number of amides is 1. The van der Waals surface area contributed by atoms with Crippen molar-refractivity contribution in [1.82, 2.24) is 5.32 Å². The second-order valence-corrected chi connectivity index (χ2v) is 28.9. The van der Waals surface area contributed by atoms with Gasteiger partial charge in [0.15, 0.2) is 6.29 Å². The third-order valence-corrected chi connectivity index (χ3v) is 19.7. The molecule has 1 rings (SSSR count). The molecular weight excluding hydrogens is 1170 g/mol. The van der Waals surface area contributed by atoms with Crippen LogP contribution in [0.5, 0.6) is 0 Å². The normalized spacial score (nSPS) is 17.8. The molecule has 1 fully saturated rings. The van der Waals surface area contributed by atoms with Crippen molar-refractivity contribution in [2.45, 2.75) is 455 Å². The number of hydrogen-bond acceptors (Lipinski definition) is 8. The molecule has 6 N–H and O–H groups in total. The van der Waals surface area contributed by atoms with Gasteiger partial charge < -0.3 is 40.3 Å². The summed E-state index contributed by atoms with van der Waals surface area (Å²) in [5.74, 6) is -0.184. The van der Waals surface area contributed by atoms with E-state index in [4.69, 9.17) is 9.47 Å². The fourth-order valence-corrected chi connectivity index (χ4v) is 13.3. The van der Waals surface area contributed by atoms with Crippen molar-refractivity contribution in [1.29, 1.82) is 0 Å². The molecule has 1 saturated heterocycles. The summed E-state index contributed by atoms with van der Waals surface area (Å²) in [6, 6.07) is -0.832. The monoisotopic (exact) mass is 1330 g/mol. The molecule has 0 spiro atoms. The summed E-state index contributed by atoms with van der Waals surface area (Å²) < 4.78 is 11.3. The minimum Gasteiger partial charge on any atom is -0.394 e. The number of rotatable bonds is 74. The minimum atomic E-state index is -1.58. The molecule has 0 bridgehead atoms. The Labute approximate surface area is 589 Å². The van der Waals surface area contributed by atoms with E-state index < -0.39 is 49.5 Å². The molecule has 1 aliphatic rings. The van der Waals surface area contributed by atoms with E-state index in [1.165, 1.54) is 334 Å². The second kappa shape index (κ2) is 74.3. The molecule has 9 heteroatoms. The number of aliphatic hydroxyl groups excluding tert-OH is 5. The quantitative estimate of drug-likeness (QED) is 0.0261. The number of aliphatic hydroxyl groups is 5. The van der Waals surface area contributed by atoms with Gasteiger partial charge >= 0.3 is 0 Å². The zero-order valence-corrected chi connectivity index (χ0v) is 62.7. The van der Waals surface area contributed by atoms with E-state index in [2.05, 4.69) is 79.9 Å². The molecule has 0 saturated carbocycles. The smallest absolute Gasteiger partial charge is 0.220 e. The van der Waals surface area contributed by atoms with Crippen LogP contribution in [0.25, 0.3) is 0 Å². The maximum Gasteiger partial charge on any atom is 0.220 e. The molecular formula is C86H159NO8. The zero-order chi connectivity index (χ0) is 68.5. The predicted molar refractivity (Wildman–Crippen MR) is 410 cm³/mol. The molecule has 7 atom stereocenters. The lowest BCUT2D eigenvalue weighted by Crippen LogP contribution is -2.60. The van der Waals surface area contributed by atoms with Gasteiger partial charge in [0.05, 0.1) is 25.4 Å². The van der Waals surface area contributed by atoms with Crippen molar-refractivity contribution in [3.05, 3.63) is 72.9 Å². The second-order valence-electron chi connectivity index (χ2n) is 28.9. The highest BCUT2D eigenvalue weighted by Crippen LogP contribution is 2.24. The van der Waals surface area contributed by atoms with Crippen LogP contribution < -0.4 is 5.32 Å². The molecule has 1 amide bonds. The van der Waals surface area contributed by atoms with Crippen LogP contribution in [-0.2, 0) is 14.3 Å². The molecule has 556 valence electrons. The standard InChI is InChI=1S/C86H159NO8/c1-3-5-7-9-11-13-15-17-19-21-23-25-27-29-31-33-35-36-37-38-39-40-41-42-43-44-46-48-50-52-54-56-58-60-62-64-66-68-70-72-74-76-82(90)87-79(78-94-86-85(93)84(92)83(91)81(77-88)95-86)80(89)75-73-71-69-67-65-63-61-59-57-55-53-51-49-47-45-34-32-30-28-26-24-22-20-18-16-14-12-10-8-6-4-2/h15,17,21,23,27,29,57,59,65,67,73,75,79-81,83-86,88-89,91-93H,3-14,16,18-20,22,24-26,28,30-56,58,60-64,66,68-72,74,76-78H2,1-2H3,(H,87,90)/b17-15-,23-21-,29-27-,59-57+,67-65+,75-73+. The van der Waals surface area contributed by atoms with Gasteiger partial charge in [-0.1, -0.05) is 395 Å². The highest BCUT2D eigenvalue weighted by atomic mass is 16.7. The molecule has 95 heavy (non-hydrogen) atoms. The van der Waals surface area contributed by atoms with Gasteiger partial charge in [0.2, 0.25) is 5.91 Å². The Morgan fingerprint density at radius 3 is 0.958 bits per heavy atom. The first-order valence-corrected chi connectivity index (χ1v) is 41.7. The van der Waals surface area contributed by atoms with E-state index in [9.17, 15) is 30.3 Å². The minimum absolute atomic E-state index is 0.184. The summed E-state index contributed by atoms with van der Waals surface area (Å²) in [6.45, 7) is 3.80. The van der Waals surface area contributed by atoms with E-state index in [1.54, 1.807) is 6.08 Å². The Balaban J connectivity index is 2.06. The van der Waals surface area contributed by atoms with E-state index in [0.29, 0.717) is 6.42 Å². The molecule has 1 aliphatic heterocycles. The number of ether oxygens (including phenoxy) is 2. The Morgan fingerprint density at radius 2 is 0.632 bits per heavy atom. The Kier molecular flexibility index (Phi) is 70.9. The fraction of sp³-hybridized carbons (Fsp3) is 0.849. The predicted octanol–water partition coefficient (Wildman–Crippen LogP) is 24.2. The average Bonchev–Trinajstić information content (AvgIpc) is 0.836. The van der Waals surface area contributed by atoms with Gasteiger partial charge in [-0.05, 0) is 83.5 Å². The summed E-state index contributed by atoms with van der Waals surface area (Å²) in [6.07, 6.45) is 99.3. The van der Waals surface area contributed by atoms with Crippen LogP contribution in [0.3, 0.4) is 0 Å². The Morgan fingerprint density at radius 1 is 0.358 bits per heavy atom. The lowest BCUT2D eigenvalue weighted by Gasteiger charge is -2.40. The van der Waals surface area contributed by atoms with E-state index in [-0.39, 0.29) is 12.5 Å². The van der Waals surface area contributed by atoms with Crippen molar-refractivity contribution < 1.29 is 39.8 Å². The van der Waals surface area contributed by atoms with Crippen LogP contribution >= 0.6 is 0 Å². The lowest BCUT2D eigenvalue weighted by molar-refractivity contribution is -0.302. The van der Waals surface area contributed by atoms with Gasteiger partial charge in [-0.15, -0.1) is 0 Å². The van der Waals surface area contributed by atoms with E-state index in [0.717, 1.165) is 57.8 Å². The van der Waals surface area contributed by atoms with Gasteiger partial charge in [0, 0.05) is 6.42 Å². The molecule has 9 nitrogen and oxygen atoms in total. The van der Waals surface area contributed by atoms with Gasteiger partial charge in [-0.3, -0.25) is 4.79 Å². The van der Waals surface area contributed by atoms with Gasteiger partial charge in [0.25, 0.3) is 0 Å². The molecule has 0 aromatic carbocycles. The van der Waals surface area contributed by atoms with Crippen LogP contribution in [-0.4, -0.2) is 87.5 Å². The third-order valence-electron chi connectivity index (χ3n) is 19.7. The van der Waals surface area contributed by atoms with Gasteiger partial charge in [-0.2, -0.15) is 0 Å². The molecule has 0 radical (unpaired) electrons. The van der Waals surface area contributed by atoms with Gasteiger partial charge in [-0.25, -0.2) is 0 Å². The number of unbranched alkanes of at least 4 members (excludes halogenated alkanes) is 54. The summed E-state index contributed by atoms with van der Waals surface area (Å²) in [5, 5.41) is 54.9. The Bertz CT molecular complexity index is 1740. The van der Waals surface area contributed by atoms with Crippen molar-refractivity contribution in [3.8, 4) is 0 Å². The topological polar surface area (TPSA) is 149 Å². The SMILES string of the molecule is CCCCCCC/C=C\C/C=C\C/C=C\CCCCCCCCCCCCCCCCCCCCCCCCCCCCC(=O)NC(COC1OC(CO)C(O)C(O)C1O)C(O)/C=C/CC/C=C/CC/C=C/CCCCCCCCCCCCCCCCCCCCCCC. The van der Waals surface area contributed by atoms with Crippen molar-refractivity contribution in [3.63, 3.8) is 0 Å². The summed E-state index contributed by atoms with van der Waals surface area (Å²) in [4.78, 5) is 13.2. The van der Waals surface area contributed by atoms with Crippen LogP contribution in [0, 0.1) is 0 Å². The molecule has 0 aromatic heterocycles. The number of carbonyl (C=O) groups is 1. The fourth-order valence-electron chi connectivity index (χ4n) is 13.3. The van der Waals surface area contributed by atoms with Crippen LogP contribution in [0.2, 0.25) is 0 Å². The third kappa shape index (κ3) is 62.4. The first kappa shape index (κ1) is 90.6.